The maximum atomic E-state index is 5.47. The highest BCUT2D eigenvalue weighted by Gasteiger charge is 2.40. The molecule has 4 heterocycles. The zero-order valence-corrected chi connectivity index (χ0v) is 17.0. The normalized spacial score (nSPS) is 31.5. The molecule has 0 aliphatic carbocycles. The van der Waals surface area contributed by atoms with Crippen LogP contribution in [0.3, 0.4) is 0 Å². The molecule has 4 atom stereocenters. The molecule has 6 heteroatoms. The Morgan fingerprint density at radius 3 is 2.69 bits per heavy atom. The minimum atomic E-state index is 0.637. The van der Waals surface area contributed by atoms with Gasteiger partial charge < -0.3 is 15.5 Å². The Morgan fingerprint density at radius 2 is 1.96 bits per heavy atom. The van der Waals surface area contributed by atoms with E-state index < -0.39 is 0 Å². The van der Waals surface area contributed by atoms with Gasteiger partial charge in [-0.25, -0.2) is 0 Å². The summed E-state index contributed by atoms with van der Waals surface area (Å²) in [6.45, 7) is 7.40. The Morgan fingerprint density at radius 1 is 1.15 bits per heavy atom. The van der Waals surface area contributed by atoms with Crippen molar-refractivity contribution < 1.29 is 0 Å². The third-order valence-corrected chi connectivity index (χ3v) is 7.33. The van der Waals surface area contributed by atoms with Crippen molar-refractivity contribution in [3.63, 3.8) is 0 Å². The summed E-state index contributed by atoms with van der Waals surface area (Å²) in [5, 5.41) is 7.47. The fourth-order valence-corrected chi connectivity index (χ4v) is 5.87. The summed E-state index contributed by atoms with van der Waals surface area (Å²) in [6, 6.07) is 10.8. The lowest BCUT2D eigenvalue weighted by atomic mass is 9.75. The number of rotatable bonds is 5. The van der Waals surface area contributed by atoms with Crippen molar-refractivity contribution in [1.29, 1.82) is 0 Å². The minimum Gasteiger partial charge on any atom is -0.361 e. The zero-order valence-electron chi connectivity index (χ0n) is 15.4. The van der Waals surface area contributed by atoms with Crippen molar-refractivity contribution in [2.45, 2.75) is 18.9 Å². The lowest BCUT2D eigenvalue weighted by Gasteiger charge is -2.51. The van der Waals surface area contributed by atoms with Gasteiger partial charge in [-0.05, 0) is 55.6 Å². The predicted octanol–water partition coefficient (Wildman–Crippen LogP) is 2.73. The number of thioether (sulfide) groups is 1. The largest absolute Gasteiger partial charge is 0.361 e. The van der Waals surface area contributed by atoms with E-state index in [1.807, 2.05) is 30.3 Å². The third-order valence-electron chi connectivity index (χ3n) is 6.14. The molecule has 0 aromatic heterocycles. The molecule has 142 valence electrons. The fourth-order valence-electron chi connectivity index (χ4n) is 4.69. The molecule has 1 unspecified atom stereocenters. The van der Waals surface area contributed by atoms with Gasteiger partial charge in [0.1, 0.15) is 0 Å². The smallest absolute Gasteiger partial charge is 0.170 e. The molecule has 2 bridgehead atoms. The van der Waals surface area contributed by atoms with Gasteiger partial charge in [0.25, 0.3) is 0 Å². The molecule has 0 amide bonds. The van der Waals surface area contributed by atoms with Crippen molar-refractivity contribution in [3.05, 3.63) is 30.3 Å². The number of anilines is 1. The Labute approximate surface area is 167 Å². The molecule has 4 saturated heterocycles. The second-order valence-electron chi connectivity index (χ2n) is 7.81. The number of thiocarbonyl (C=S) groups is 1. The van der Waals surface area contributed by atoms with Crippen LogP contribution in [-0.2, 0) is 0 Å². The SMILES string of the molecule is S=C(NC[C@@H]1C[C@H]2CCN1C[C@@H]2CN1CCSCC1)Nc1ccccc1. The van der Waals surface area contributed by atoms with Gasteiger partial charge in [0, 0.05) is 56.0 Å². The first-order chi connectivity index (χ1) is 12.8. The standard InChI is InChI=1S/C20H30N4S2/c25-20(22-18-4-2-1-3-5-18)21-13-19-12-16-6-7-24(19)15-17(16)14-23-8-10-26-11-9-23/h1-5,16-17,19H,6-15H2,(H2,21,22,25)/t16-,17+,19+/m1/s1. The van der Waals surface area contributed by atoms with Gasteiger partial charge in [0.15, 0.2) is 5.11 Å². The van der Waals surface area contributed by atoms with Crippen molar-refractivity contribution in [2.24, 2.45) is 11.8 Å². The fraction of sp³-hybridized carbons (Fsp3) is 0.650. The van der Waals surface area contributed by atoms with Crippen molar-refractivity contribution in [2.75, 3.05) is 56.1 Å². The summed E-state index contributed by atoms with van der Waals surface area (Å²) < 4.78 is 0. The van der Waals surface area contributed by atoms with E-state index in [-0.39, 0.29) is 0 Å². The quantitative estimate of drug-likeness (QED) is 0.752. The zero-order chi connectivity index (χ0) is 17.8. The number of fused-ring (bicyclic) bond motifs is 3. The average molecular weight is 391 g/mol. The van der Waals surface area contributed by atoms with Crippen LogP contribution in [0.4, 0.5) is 5.69 Å². The first-order valence-corrected chi connectivity index (χ1v) is 11.5. The molecule has 26 heavy (non-hydrogen) atoms. The number of piperidine rings is 3. The Bertz CT molecular complexity index is 591. The Kier molecular flexibility index (Phi) is 6.36. The third kappa shape index (κ3) is 4.71. The molecule has 4 nitrogen and oxygen atoms in total. The molecule has 4 aliphatic rings. The van der Waals surface area contributed by atoms with E-state index in [1.165, 1.54) is 57.1 Å². The van der Waals surface area contributed by atoms with Gasteiger partial charge in [-0.2, -0.15) is 11.8 Å². The minimum absolute atomic E-state index is 0.637. The van der Waals surface area contributed by atoms with Crippen LogP contribution >= 0.6 is 24.0 Å². The van der Waals surface area contributed by atoms with Crippen LogP contribution in [0.1, 0.15) is 12.8 Å². The number of hydrogen-bond acceptors (Lipinski definition) is 4. The highest BCUT2D eigenvalue weighted by Crippen LogP contribution is 2.36. The Balaban J connectivity index is 1.23. The lowest BCUT2D eigenvalue weighted by Crippen LogP contribution is -2.59. The summed E-state index contributed by atoms with van der Waals surface area (Å²) in [6.07, 6.45) is 2.71. The van der Waals surface area contributed by atoms with Gasteiger partial charge in [-0.1, -0.05) is 18.2 Å². The monoisotopic (exact) mass is 390 g/mol. The second kappa shape index (κ2) is 8.91. The average Bonchev–Trinajstić information content (AvgIpc) is 2.69. The molecule has 5 rings (SSSR count). The van der Waals surface area contributed by atoms with E-state index in [1.54, 1.807) is 0 Å². The summed E-state index contributed by atoms with van der Waals surface area (Å²) in [5.74, 6) is 4.41. The highest BCUT2D eigenvalue weighted by atomic mass is 32.2. The Hall–Kier alpha value is -0.820. The number of benzene rings is 1. The van der Waals surface area contributed by atoms with Gasteiger partial charge in [-0.3, -0.25) is 4.90 Å². The van der Waals surface area contributed by atoms with Crippen molar-refractivity contribution in [1.82, 2.24) is 15.1 Å². The van der Waals surface area contributed by atoms with Crippen LogP contribution < -0.4 is 10.6 Å². The molecule has 0 radical (unpaired) electrons. The molecule has 4 fully saturated rings. The van der Waals surface area contributed by atoms with Crippen molar-refractivity contribution in [3.8, 4) is 0 Å². The van der Waals surface area contributed by atoms with Crippen molar-refractivity contribution >= 4 is 34.8 Å². The molecular weight excluding hydrogens is 360 g/mol. The van der Waals surface area contributed by atoms with Gasteiger partial charge in [0.2, 0.25) is 0 Å². The van der Waals surface area contributed by atoms with E-state index in [0.29, 0.717) is 6.04 Å². The first kappa shape index (κ1) is 18.5. The molecule has 1 aromatic carbocycles. The molecule has 4 aliphatic heterocycles. The van der Waals surface area contributed by atoms with E-state index in [9.17, 15) is 0 Å². The number of nitrogens with zero attached hydrogens (tertiary/aromatic N) is 2. The summed E-state index contributed by atoms with van der Waals surface area (Å²) in [4.78, 5) is 5.41. The lowest BCUT2D eigenvalue weighted by molar-refractivity contribution is -0.00936. The van der Waals surface area contributed by atoms with Gasteiger partial charge in [0.05, 0.1) is 0 Å². The molecule has 0 saturated carbocycles. The van der Waals surface area contributed by atoms with Crippen LogP contribution in [0.2, 0.25) is 0 Å². The van der Waals surface area contributed by atoms with E-state index in [4.69, 9.17) is 12.2 Å². The number of nitrogens with one attached hydrogen (secondary N) is 2. The van der Waals surface area contributed by atoms with Gasteiger partial charge in [-0.15, -0.1) is 0 Å². The van der Waals surface area contributed by atoms with E-state index >= 15 is 0 Å². The molecule has 0 spiro atoms. The van der Waals surface area contributed by atoms with Crippen LogP contribution in [0.5, 0.6) is 0 Å². The highest BCUT2D eigenvalue weighted by molar-refractivity contribution is 7.99. The molecule has 1 aromatic rings. The maximum Gasteiger partial charge on any atom is 0.170 e. The first-order valence-electron chi connectivity index (χ1n) is 9.92. The molecule has 2 N–H and O–H groups in total. The maximum absolute atomic E-state index is 5.47. The van der Waals surface area contributed by atoms with Crippen LogP contribution in [0.15, 0.2) is 30.3 Å². The van der Waals surface area contributed by atoms with Crippen LogP contribution in [0.25, 0.3) is 0 Å². The molecular formula is C20H30N4S2. The van der Waals surface area contributed by atoms with Crippen LogP contribution in [0, 0.1) is 11.8 Å². The van der Waals surface area contributed by atoms with E-state index in [0.717, 1.165) is 29.2 Å². The number of para-hydroxylation sites is 1. The summed E-state index contributed by atoms with van der Waals surface area (Å²) >= 11 is 7.58. The van der Waals surface area contributed by atoms with E-state index in [2.05, 4.69) is 32.2 Å². The van der Waals surface area contributed by atoms with Gasteiger partial charge >= 0.3 is 0 Å². The second-order valence-corrected chi connectivity index (χ2v) is 9.44. The van der Waals surface area contributed by atoms with Crippen LogP contribution in [-0.4, -0.2) is 71.7 Å². The summed E-state index contributed by atoms with van der Waals surface area (Å²) in [7, 11) is 0. The topological polar surface area (TPSA) is 30.5 Å². The summed E-state index contributed by atoms with van der Waals surface area (Å²) in [5.41, 5.74) is 1.05. The number of hydrogen-bond donors (Lipinski definition) is 2. The predicted molar refractivity (Wildman–Crippen MR) is 116 cm³/mol.